The summed E-state index contributed by atoms with van der Waals surface area (Å²) in [5.41, 5.74) is 0. The average Bonchev–Trinajstić information content (AvgIpc) is 2.15. The van der Waals surface area contributed by atoms with E-state index in [2.05, 4.69) is 39.4 Å². The third kappa shape index (κ3) is 4.18. The fourth-order valence-electron chi connectivity index (χ4n) is 1.06. The molecule has 0 unspecified atom stereocenters. The van der Waals surface area contributed by atoms with Gasteiger partial charge >= 0.3 is 0 Å². The molecular formula is C10H18ClN5. The highest BCUT2D eigenvalue weighted by Gasteiger charge is 2.07. The quantitative estimate of drug-likeness (QED) is 0.832. The number of halogens is 1. The highest BCUT2D eigenvalue weighted by molar-refractivity contribution is 6.28. The molecule has 0 saturated carbocycles. The molecule has 0 aliphatic rings. The van der Waals surface area contributed by atoms with Crippen molar-refractivity contribution in [3.63, 3.8) is 0 Å². The van der Waals surface area contributed by atoms with Crippen molar-refractivity contribution >= 4 is 23.5 Å². The van der Waals surface area contributed by atoms with Gasteiger partial charge in [-0.15, -0.1) is 0 Å². The van der Waals surface area contributed by atoms with Crippen molar-refractivity contribution in [1.82, 2.24) is 15.0 Å². The van der Waals surface area contributed by atoms with Gasteiger partial charge in [-0.3, -0.25) is 0 Å². The van der Waals surface area contributed by atoms with Crippen LogP contribution in [-0.4, -0.2) is 27.0 Å². The summed E-state index contributed by atoms with van der Waals surface area (Å²) in [6.07, 6.45) is 0.996. The first-order valence-electron chi connectivity index (χ1n) is 5.46. The number of hydrogen-bond acceptors (Lipinski definition) is 5. The molecule has 1 aromatic rings. The number of rotatable bonds is 5. The molecule has 0 saturated heterocycles. The van der Waals surface area contributed by atoms with Crippen LogP contribution in [0.2, 0.25) is 5.28 Å². The van der Waals surface area contributed by atoms with Gasteiger partial charge in [0, 0.05) is 12.1 Å². The molecule has 2 N–H and O–H groups in total. The van der Waals surface area contributed by atoms with Crippen LogP contribution in [0.1, 0.15) is 34.1 Å². The summed E-state index contributed by atoms with van der Waals surface area (Å²) in [6, 6.07) is 0.570. The van der Waals surface area contributed by atoms with Crippen LogP contribution >= 0.6 is 11.6 Å². The van der Waals surface area contributed by atoms with Gasteiger partial charge < -0.3 is 10.6 Å². The Kier molecular flexibility index (Phi) is 4.73. The van der Waals surface area contributed by atoms with Crippen LogP contribution in [0, 0.1) is 0 Å². The Bertz CT molecular complexity index is 342. The maximum absolute atomic E-state index is 5.82. The highest BCUT2D eigenvalue weighted by Crippen LogP contribution is 2.11. The fourth-order valence-corrected chi connectivity index (χ4v) is 1.22. The predicted octanol–water partition coefficient (Wildman–Crippen LogP) is 2.56. The van der Waals surface area contributed by atoms with Crippen LogP contribution in [-0.2, 0) is 0 Å². The van der Waals surface area contributed by atoms with Crippen molar-refractivity contribution in [3.05, 3.63) is 5.28 Å². The smallest absolute Gasteiger partial charge is 0.229 e. The van der Waals surface area contributed by atoms with E-state index in [1.54, 1.807) is 0 Å². The van der Waals surface area contributed by atoms with Crippen LogP contribution < -0.4 is 10.6 Å². The van der Waals surface area contributed by atoms with Gasteiger partial charge in [0.15, 0.2) is 0 Å². The molecule has 16 heavy (non-hydrogen) atoms. The summed E-state index contributed by atoms with van der Waals surface area (Å²) in [5.74, 6) is 1.01. The van der Waals surface area contributed by atoms with Gasteiger partial charge in [0.1, 0.15) is 0 Å². The SMILES string of the molecule is CC[C@@H](C)Nc1nc(Cl)nc(NC(C)C)n1. The molecule has 0 aromatic carbocycles. The molecule has 1 atom stereocenters. The van der Waals surface area contributed by atoms with Crippen LogP contribution in [0.5, 0.6) is 0 Å². The summed E-state index contributed by atoms with van der Waals surface area (Å²) in [6.45, 7) is 8.18. The Labute approximate surface area is 101 Å². The lowest BCUT2D eigenvalue weighted by molar-refractivity contribution is 0.749. The van der Waals surface area contributed by atoms with E-state index in [0.717, 1.165) is 6.42 Å². The Morgan fingerprint density at radius 3 is 2.12 bits per heavy atom. The highest BCUT2D eigenvalue weighted by atomic mass is 35.5. The first kappa shape index (κ1) is 13.0. The van der Waals surface area contributed by atoms with Gasteiger partial charge in [-0.2, -0.15) is 15.0 Å². The molecule has 0 aliphatic carbocycles. The standard InChI is InChI=1S/C10H18ClN5/c1-5-7(4)13-10-15-8(11)14-9(16-10)12-6(2)3/h6-7H,5H2,1-4H3,(H2,12,13,14,15,16)/t7-/m1/s1. The van der Waals surface area contributed by atoms with Gasteiger partial charge in [-0.05, 0) is 38.8 Å². The monoisotopic (exact) mass is 243 g/mol. The van der Waals surface area contributed by atoms with Crippen LogP contribution in [0.25, 0.3) is 0 Å². The minimum atomic E-state index is 0.198. The Morgan fingerprint density at radius 2 is 1.62 bits per heavy atom. The molecule has 0 aliphatic heterocycles. The van der Waals surface area contributed by atoms with Crippen molar-refractivity contribution in [2.45, 2.75) is 46.2 Å². The van der Waals surface area contributed by atoms with Gasteiger partial charge in [0.25, 0.3) is 0 Å². The van der Waals surface area contributed by atoms with E-state index < -0.39 is 0 Å². The Morgan fingerprint density at radius 1 is 1.06 bits per heavy atom. The number of aromatic nitrogens is 3. The molecular weight excluding hydrogens is 226 g/mol. The van der Waals surface area contributed by atoms with Crippen LogP contribution in [0.15, 0.2) is 0 Å². The molecule has 0 fully saturated rings. The minimum Gasteiger partial charge on any atom is -0.352 e. The van der Waals surface area contributed by atoms with Crippen molar-refractivity contribution in [2.75, 3.05) is 10.6 Å². The second-order valence-electron chi connectivity index (χ2n) is 4.00. The van der Waals surface area contributed by atoms with Gasteiger partial charge in [0.05, 0.1) is 0 Å². The maximum atomic E-state index is 5.82. The Hall–Kier alpha value is -1.10. The lowest BCUT2D eigenvalue weighted by Crippen LogP contribution is -2.18. The van der Waals surface area contributed by atoms with Crippen LogP contribution in [0.4, 0.5) is 11.9 Å². The summed E-state index contributed by atoms with van der Waals surface area (Å²) in [4.78, 5) is 12.3. The molecule has 0 amide bonds. The molecule has 90 valence electrons. The third-order valence-electron chi connectivity index (χ3n) is 2.01. The summed E-state index contributed by atoms with van der Waals surface area (Å²) in [5, 5.41) is 6.45. The van der Waals surface area contributed by atoms with Gasteiger partial charge in [0.2, 0.25) is 17.2 Å². The van der Waals surface area contributed by atoms with Crippen molar-refractivity contribution in [3.8, 4) is 0 Å². The molecule has 5 nitrogen and oxygen atoms in total. The van der Waals surface area contributed by atoms with E-state index in [-0.39, 0.29) is 11.3 Å². The zero-order valence-electron chi connectivity index (χ0n) is 10.1. The zero-order valence-corrected chi connectivity index (χ0v) is 10.8. The van der Waals surface area contributed by atoms with E-state index in [1.807, 2.05) is 13.8 Å². The topological polar surface area (TPSA) is 62.7 Å². The first-order valence-corrected chi connectivity index (χ1v) is 5.83. The Balaban J connectivity index is 2.81. The van der Waals surface area contributed by atoms with Crippen molar-refractivity contribution in [1.29, 1.82) is 0 Å². The van der Waals surface area contributed by atoms with E-state index in [4.69, 9.17) is 11.6 Å². The number of nitrogens with zero attached hydrogens (tertiary/aromatic N) is 3. The zero-order chi connectivity index (χ0) is 12.1. The molecule has 6 heteroatoms. The maximum Gasteiger partial charge on any atom is 0.229 e. The van der Waals surface area contributed by atoms with E-state index in [9.17, 15) is 0 Å². The van der Waals surface area contributed by atoms with Gasteiger partial charge in [-0.25, -0.2) is 0 Å². The lowest BCUT2D eigenvalue weighted by Gasteiger charge is -2.13. The average molecular weight is 244 g/mol. The number of anilines is 2. The van der Waals surface area contributed by atoms with Crippen molar-refractivity contribution < 1.29 is 0 Å². The second-order valence-corrected chi connectivity index (χ2v) is 4.34. The summed E-state index contributed by atoms with van der Waals surface area (Å²) in [7, 11) is 0. The third-order valence-corrected chi connectivity index (χ3v) is 2.18. The minimum absolute atomic E-state index is 0.198. The van der Waals surface area contributed by atoms with Gasteiger partial charge in [-0.1, -0.05) is 6.92 Å². The number of nitrogens with one attached hydrogen (secondary N) is 2. The van der Waals surface area contributed by atoms with E-state index in [0.29, 0.717) is 17.9 Å². The molecule has 0 spiro atoms. The molecule has 0 bridgehead atoms. The van der Waals surface area contributed by atoms with Crippen LogP contribution in [0.3, 0.4) is 0 Å². The molecule has 0 radical (unpaired) electrons. The largest absolute Gasteiger partial charge is 0.352 e. The molecule has 1 rings (SSSR count). The molecule has 1 aromatic heterocycles. The second kappa shape index (κ2) is 5.84. The fraction of sp³-hybridized carbons (Fsp3) is 0.700. The summed E-state index contributed by atoms with van der Waals surface area (Å²) >= 11 is 5.82. The molecule has 1 heterocycles. The normalized spacial score (nSPS) is 12.6. The first-order chi connectivity index (χ1) is 7.51. The summed E-state index contributed by atoms with van der Waals surface area (Å²) < 4.78 is 0. The lowest BCUT2D eigenvalue weighted by atomic mass is 10.3. The number of hydrogen-bond donors (Lipinski definition) is 2. The van der Waals surface area contributed by atoms with Crippen molar-refractivity contribution in [2.24, 2.45) is 0 Å². The predicted molar refractivity (Wildman–Crippen MR) is 67.0 cm³/mol. The van der Waals surface area contributed by atoms with E-state index in [1.165, 1.54) is 0 Å². The van der Waals surface area contributed by atoms with E-state index >= 15 is 0 Å².